The number of nitrogens with one attached hydrogen (secondary N) is 1. The number of benzene rings is 1. The normalized spacial score (nSPS) is 19.0. The van der Waals surface area contributed by atoms with Gasteiger partial charge >= 0.3 is 0 Å². The predicted molar refractivity (Wildman–Crippen MR) is 102 cm³/mol. The minimum atomic E-state index is 0.553. The molecule has 0 amide bonds. The number of hydrogen-bond donors (Lipinski definition) is 1. The third-order valence-electron chi connectivity index (χ3n) is 5.39. The molecule has 2 fully saturated rings. The Labute approximate surface area is 155 Å². The summed E-state index contributed by atoms with van der Waals surface area (Å²) in [5.41, 5.74) is 1.60. The number of guanidine groups is 1. The Kier molecular flexibility index (Phi) is 5.62. The third kappa shape index (κ3) is 3.81. The van der Waals surface area contributed by atoms with Gasteiger partial charge < -0.3 is 19.7 Å². The van der Waals surface area contributed by atoms with E-state index >= 15 is 0 Å². The van der Waals surface area contributed by atoms with Crippen LogP contribution in [0.3, 0.4) is 0 Å². The molecule has 1 spiro atoms. The van der Waals surface area contributed by atoms with Gasteiger partial charge in [0.15, 0.2) is 17.5 Å². The first kappa shape index (κ1) is 18.2. The van der Waals surface area contributed by atoms with Gasteiger partial charge in [0.1, 0.15) is 0 Å². The monoisotopic (exact) mass is 365 g/mol. The minimum absolute atomic E-state index is 0.553. The highest BCUT2D eigenvalue weighted by Gasteiger charge is 2.43. The van der Waals surface area contributed by atoms with E-state index in [0.717, 1.165) is 24.6 Å². The highest BCUT2D eigenvalue weighted by molar-refractivity contribution is 6.32. The maximum atomic E-state index is 6.36. The molecule has 2 aliphatic rings. The average molecular weight is 366 g/mol. The molecule has 1 aromatic carbocycles. The molecule has 0 atom stereocenters. The molecular formula is C19H28ClN3O2. The SMILES string of the molecule is CCOc1c(Cl)cc(CNC(=NC)N2CCC3(CCC3)C2)cc1OC. The van der Waals surface area contributed by atoms with Gasteiger partial charge in [-0.25, -0.2) is 0 Å². The van der Waals surface area contributed by atoms with Gasteiger partial charge in [0.25, 0.3) is 0 Å². The molecule has 0 radical (unpaired) electrons. The van der Waals surface area contributed by atoms with Crippen molar-refractivity contribution in [2.45, 2.75) is 39.2 Å². The largest absolute Gasteiger partial charge is 0.493 e. The molecular weight excluding hydrogens is 338 g/mol. The summed E-state index contributed by atoms with van der Waals surface area (Å²) in [6.45, 7) is 5.35. The van der Waals surface area contributed by atoms with Crippen molar-refractivity contribution in [1.82, 2.24) is 10.2 Å². The van der Waals surface area contributed by atoms with Crippen LogP contribution in [0.15, 0.2) is 17.1 Å². The highest BCUT2D eigenvalue weighted by atomic mass is 35.5. The Bertz CT molecular complexity index is 644. The van der Waals surface area contributed by atoms with E-state index in [-0.39, 0.29) is 0 Å². The molecule has 5 nitrogen and oxygen atoms in total. The summed E-state index contributed by atoms with van der Waals surface area (Å²) < 4.78 is 11.0. The second kappa shape index (κ2) is 7.73. The van der Waals surface area contributed by atoms with Crippen LogP contribution in [0.1, 0.15) is 38.2 Å². The Balaban J connectivity index is 1.65. The van der Waals surface area contributed by atoms with E-state index in [9.17, 15) is 0 Å². The summed E-state index contributed by atoms with van der Waals surface area (Å²) in [7, 11) is 3.48. The molecule has 138 valence electrons. The van der Waals surface area contributed by atoms with Crippen LogP contribution >= 0.6 is 11.6 Å². The van der Waals surface area contributed by atoms with Crippen molar-refractivity contribution in [2.24, 2.45) is 10.4 Å². The van der Waals surface area contributed by atoms with E-state index in [4.69, 9.17) is 21.1 Å². The van der Waals surface area contributed by atoms with E-state index < -0.39 is 0 Å². The third-order valence-corrected chi connectivity index (χ3v) is 5.67. The number of halogens is 1. The fourth-order valence-electron chi connectivity index (χ4n) is 3.87. The van der Waals surface area contributed by atoms with Crippen LogP contribution in [0.2, 0.25) is 5.02 Å². The molecule has 1 heterocycles. The molecule has 1 aromatic rings. The molecule has 0 unspecified atom stereocenters. The van der Waals surface area contributed by atoms with Gasteiger partial charge in [-0.1, -0.05) is 18.0 Å². The first-order valence-corrected chi connectivity index (χ1v) is 9.43. The van der Waals surface area contributed by atoms with Crippen LogP contribution in [0.4, 0.5) is 0 Å². The predicted octanol–water partition coefficient (Wildman–Crippen LogP) is 3.70. The second-order valence-corrected chi connectivity index (χ2v) is 7.38. The van der Waals surface area contributed by atoms with Gasteiger partial charge in [0.05, 0.1) is 18.7 Å². The van der Waals surface area contributed by atoms with Gasteiger partial charge in [-0.05, 0) is 49.3 Å². The van der Waals surface area contributed by atoms with E-state index in [2.05, 4.69) is 15.2 Å². The Morgan fingerprint density at radius 1 is 1.36 bits per heavy atom. The van der Waals surface area contributed by atoms with E-state index in [1.807, 2.05) is 26.1 Å². The zero-order chi connectivity index (χ0) is 17.9. The summed E-state index contributed by atoms with van der Waals surface area (Å²) in [5.74, 6) is 2.23. The maximum absolute atomic E-state index is 6.36. The molecule has 0 bridgehead atoms. The van der Waals surface area contributed by atoms with Crippen molar-refractivity contribution in [1.29, 1.82) is 0 Å². The Morgan fingerprint density at radius 2 is 2.16 bits per heavy atom. The Morgan fingerprint density at radius 3 is 2.72 bits per heavy atom. The molecule has 1 N–H and O–H groups in total. The van der Waals surface area contributed by atoms with Crippen LogP contribution in [0.25, 0.3) is 0 Å². The average Bonchev–Trinajstić information content (AvgIpc) is 3.03. The number of nitrogens with zero attached hydrogens (tertiary/aromatic N) is 2. The maximum Gasteiger partial charge on any atom is 0.193 e. The fraction of sp³-hybridized carbons (Fsp3) is 0.632. The van der Waals surface area contributed by atoms with Gasteiger partial charge in [0.2, 0.25) is 0 Å². The van der Waals surface area contributed by atoms with Crippen molar-refractivity contribution in [3.63, 3.8) is 0 Å². The lowest BCUT2D eigenvalue weighted by molar-refractivity contribution is 0.151. The van der Waals surface area contributed by atoms with Crippen molar-refractivity contribution in [3.05, 3.63) is 22.7 Å². The van der Waals surface area contributed by atoms with E-state index in [1.54, 1.807) is 7.11 Å². The lowest BCUT2D eigenvalue weighted by atomic mass is 9.68. The zero-order valence-corrected chi connectivity index (χ0v) is 16.2. The van der Waals surface area contributed by atoms with Crippen LogP contribution < -0.4 is 14.8 Å². The molecule has 1 aliphatic heterocycles. The van der Waals surface area contributed by atoms with Crippen molar-refractivity contribution < 1.29 is 9.47 Å². The molecule has 25 heavy (non-hydrogen) atoms. The summed E-state index contributed by atoms with van der Waals surface area (Å²) in [6, 6.07) is 3.89. The fourth-order valence-corrected chi connectivity index (χ4v) is 4.16. The number of aliphatic imine (C=N–C) groups is 1. The summed E-state index contributed by atoms with van der Waals surface area (Å²) in [5, 5.41) is 4.04. The van der Waals surface area contributed by atoms with E-state index in [1.165, 1.54) is 25.7 Å². The standard InChI is InChI=1S/C19H28ClN3O2/c1-4-25-17-15(20)10-14(11-16(17)24-3)12-22-18(21-2)23-9-8-19(13-23)6-5-7-19/h10-11H,4-9,12-13H2,1-3H3,(H,21,22). The molecule has 3 rings (SSSR count). The number of methoxy groups -OCH3 is 1. The van der Waals surface area contributed by atoms with Crippen molar-refractivity contribution in [2.75, 3.05) is 33.9 Å². The number of likely N-dealkylation sites (tertiary alicyclic amines) is 1. The number of rotatable bonds is 5. The lowest BCUT2D eigenvalue weighted by Crippen LogP contribution is -2.42. The summed E-state index contributed by atoms with van der Waals surface area (Å²) >= 11 is 6.36. The summed E-state index contributed by atoms with van der Waals surface area (Å²) in [6.07, 6.45) is 5.40. The van der Waals surface area contributed by atoms with Gasteiger partial charge in [-0.3, -0.25) is 4.99 Å². The number of ether oxygens (including phenoxy) is 2. The molecule has 0 aromatic heterocycles. The molecule has 1 aliphatic carbocycles. The second-order valence-electron chi connectivity index (χ2n) is 6.97. The van der Waals surface area contributed by atoms with Crippen molar-refractivity contribution >= 4 is 17.6 Å². The van der Waals surface area contributed by atoms with Crippen LogP contribution in [0.5, 0.6) is 11.5 Å². The van der Waals surface area contributed by atoms with Gasteiger partial charge in [0, 0.05) is 26.7 Å². The topological polar surface area (TPSA) is 46.1 Å². The molecule has 6 heteroatoms. The minimum Gasteiger partial charge on any atom is -0.493 e. The van der Waals surface area contributed by atoms with Crippen molar-refractivity contribution in [3.8, 4) is 11.5 Å². The first-order chi connectivity index (χ1) is 12.1. The smallest absolute Gasteiger partial charge is 0.193 e. The van der Waals surface area contributed by atoms with E-state index in [0.29, 0.717) is 35.1 Å². The first-order valence-electron chi connectivity index (χ1n) is 9.05. The zero-order valence-electron chi connectivity index (χ0n) is 15.4. The molecule has 1 saturated carbocycles. The molecule has 1 saturated heterocycles. The van der Waals surface area contributed by atoms with Crippen LogP contribution in [-0.4, -0.2) is 44.7 Å². The van der Waals surface area contributed by atoms with Crippen LogP contribution in [-0.2, 0) is 6.54 Å². The highest BCUT2D eigenvalue weighted by Crippen LogP contribution is 2.47. The van der Waals surface area contributed by atoms with Gasteiger partial charge in [-0.15, -0.1) is 0 Å². The van der Waals surface area contributed by atoms with Gasteiger partial charge in [-0.2, -0.15) is 0 Å². The number of hydrogen-bond acceptors (Lipinski definition) is 3. The quantitative estimate of drug-likeness (QED) is 0.638. The van der Waals surface area contributed by atoms with Crippen LogP contribution in [0, 0.1) is 5.41 Å². The lowest BCUT2D eigenvalue weighted by Gasteiger charge is -2.38. The Hall–Kier alpha value is -1.62. The summed E-state index contributed by atoms with van der Waals surface area (Å²) in [4.78, 5) is 6.85.